The quantitative estimate of drug-likeness (QED) is 0.0734. The average molecular weight is 993 g/mol. The van der Waals surface area contributed by atoms with Gasteiger partial charge in [0, 0.05) is 91.3 Å². The Labute approximate surface area is 423 Å². The molecule has 1 aromatic rings. The number of ether oxygens (including phenoxy) is 2. The van der Waals surface area contributed by atoms with Gasteiger partial charge < -0.3 is 46.7 Å². The van der Waals surface area contributed by atoms with Crippen molar-refractivity contribution in [2.24, 2.45) is 51.0 Å². The number of carbonyl (C=O) groups excluding carboxylic acids is 2. The van der Waals surface area contributed by atoms with Gasteiger partial charge in [0.1, 0.15) is 16.1 Å². The summed E-state index contributed by atoms with van der Waals surface area (Å²) in [5.41, 5.74) is 15.5. The number of aryl methyl sites for hydroxylation is 1. The lowest BCUT2D eigenvalue weighted by Crippen LogP contribution is -2.56. The van der Waals surface area contributed by atoms with E-state index in [0.717, 1.165) is 119 Å². The minimum Gasteiger partial charge on any atom is -0.504 e. The van der Waals surface area contributed by atoms with Crippen molar-refractivity contribution in [2.45, 2.75) is 183 Å². The largest absolute Gasteiger partial charge is 0.504 e. The predicted octanol–water partition coefficient (Wildman–Crippen LogP) is 8.75. The first-order valence-electron chi connectivity index (χ1n) is 27.0. The number of phenols is 1. The van der Waals surface area contributed by atoms with Crippen molar-refractivity contribution < 1.29 is 29.3 Å². The van der Waals surface area contributed by atoms with Crippen LogP contribution in [0.2, 0.25) is 0 Å². The van der Waals surface area contributed by atoms with Gasteiger partial charge in [-0.1, -0.05) is 52.5 Å². The number of aliphatic hydroxyl groups is 1. The lowest BCUT2D eigenvalue weighted by atomic mass is 9.70. The number of rotatable bonds is 3. The number of nitrogens with two attached hydrogens (primary N) is 2. The summed E-state index contributed by atoms with van der Waals surface area (Å²) in [5, 5.41) is 31.6. The van der Waals surface area contributed by atoms with Crippen LogP contribution in [-0.2, 0) is 27.3 Å². The fraction of sp³-hybridized carbons (Fsp3) is 0.696. The number of carbonyl (C=O) groups is 2. The summed E-state index contributed by atoms with van der Waals surface area (Å²) >= 11 is 0. The first-order valence-corrected chi connectivity index (χ1v) is 29.3. The average Bonchev–Trinajstić information content (AvgIpc) is 4.05. The molecule has 7 heterocycles. The molecule has 0 radical (unpaired) electrons. The zero-order valence-corrected chi connectivity index (χ0v) is 43.0. The van der Waals surface area contributed by atoms with Crippen LogP contribution in [0.15, 0.2) is 46.8 Å². The molecule has 1 saturated heterocycles. The fourth-order valence-electron chi connectivity index (χ4n) is 15.6. The topological polar surface area (TPSA) is 185 Å². The van der Waals surface area contributed by atoms with Crippen LogP contribution < -0.4 is 26.8 Å². The van der Waals surface area contributed by atoms with Crippen molar-refractivity contribution in [1.82, 2.24) is 15.5 Å². The van der Waals surface area contributed by atoms with E-state index in [-0.39, 0.29) is 58.6 Å². The highest BCUT2D eigenvalue weighted by atomic mass is 33.1. The van der Waals surface area contributed by atoms with Crippen LogP contribution in [0, 0.1) is 46.3 Å². The van der Waals surface area contributed by atoms with Crippen LogP contribution in [0.4, 0.5) is 0 Å². The molecular formula is C56H76N6O6S2. The summed E-state index contributed by atoms with van der Waals surface area (Å²) in [7, 11) is 3.97. The Balaban J connectivity index is 0.992. The number of aromatic hydroxyl groups is 1. The zero-order valence-electron chi connectivity index (χ0n) is 41.3. The number of amides is 1. The van der Waals surface area contributed by atoms with Crippen molar-refractivity contribution in [3.63, 3.8) is 0 Å². The zero-order chi connectivity index (χ0) is 48.3. The van der Waals surface area contributed by atoms with Gasteiger partial charge in [-0.2, -0.15) is 0 Å². The van der Waals surface area contributed by atoms with Crippen LogP contribution >= 0.6 is 21.6 Å². The molecule has 12 aliphatic rings. The highest BCUT2D eigenvalue weighted by molar-refractivity contribution is 8.77. The summed E-state index contributed by atoms with van der Waals surface area (Å²) in [6.45, 7) is 3.08. The molecule has 3 spiro atoms. The van der Waals surface area contributed by atoms with Crippen molar-refractivity contribution >= 4 is 39.4 Å². The molecule has 1 amide bonds. The second-order valence-electron chi connectivity index (χ2n) is 23.5. The van der Waals surface area contributed by atoms with E-state index in [9.17, 15) is 19.8 Å². The Kier molecular flexibility index (Phi) is 13.2. The van der Waals surface area contributed by atoms with Crippen LogP contribution in [-0.4, -0.2) is 80.5 Å². The normalized spacial score (nSPS) is 39.4. The highest BCUT2D eigenvalue weighted by Crippen LogP contribution is 2.65. The van der Waals surface area contributed by atoms with E-state index in [1.165, 1.54) is 13.3 Å². The van der Waals surface area contributed by atoms with Gasteiger partial charge in [-0.3, -0.25) is 14.6 Å². The number of fused-ring (bicyclic) bond motifs is 10. The molecule has 4 saturated carbocycles. The molecule has 5 fully saturated rings. The van der Waals surface area contributed by atoms with Crippen LogP contribution in [0.1, 0.15) is 164 Å². The number of benzene rings is 1. The number of aliphatic hydroxyl groups excluding tert-OH is 1. The summed E-state index contributed by atoms with van der Waals surface area (Å²) in [4.78, 5) is 34.7. The maximum absolute atomic E-state index is 14.9. The summed E-state index contributed by atoms with van der Waals surface area (Å²) < 4.78 is 13.5. The number of hydrogen-bond acceptors (Lipinski definition) is 13. The number of hydrogen-bond donors (Lipinski definition) is 6. The lowest BCUT2D eigenvalue weighted by molar-refractivity contribution is -0.168. The summed E-state index contributed by atoms with van der Waals surface area (Å²) in [5.74, 6) is 10.8. The number of guanidine groups is 1. The van der Waals surface area contributed by atoms with Crippen molar-refractivity contribution in [3.8, 4) is 23.3 Å². The standard InChI is InChI=1S/C56H76N6O6S2/c1-36(63)67-54-21-13-39(45(64)31-54)9-3-2-4-25-69-70-56-19-7-17-53(56)20-12-37(30-53)8-5-10-44(33-60-51(58)61-56)52(29-38-16-24-59-46(57)26-38)32-47(65)62(35-52)34-42-27-40(14-22-54)48-41-15-23-55(68-50(48)49(42)66)18-6-11-43(55)28-41/h15-16,23,26-27,37,39,41,43-45,59,64,66H,2-4,6-9,11-14,17-22,24-25,28-35,57H2,1H3,(H3,58,60,61). The third-order valence-corrected chi connectivity index (χ3v) is 22.4. The molecule has 0 aromatic heterocycles. The van der Waals surface area contributed by atoms with Gasteiger partial charge in [0.25, 0.3) is 0 Å². The second kappa shape index (κ2) is 19.2. The van der Waals surface area contributed by atoms with E-state index in [0.29, 0.717) is 86.7 Å². The molecule has 12 bridgehead atoms. The number of nitrogens with zero attached hydrogens (tertiary/aromatic N) is 2. The van der Waals surface area contributed by atoms with Crippen LogP contribution in [0.25, 0.3) is 0 Å². The van der Waals surface area contributed by atoms with Crippen molar-refractivity contribution in [2.75, 3.05) is 25.4 Å². The molecule has 8 N–H and O–H groups in total. The molecule has 5 aliphatic carbocycles. The van der Waals surface area contributed by atoms with Gasteiger partial charge in [0.2, 0.25) is 5.91 Å². The molecule has 11 unspecified atom stereocenters. The molecule has 378 valence electrons. The lowest BCUT2D eigenvalue weighted by Gasteiger charge is -2.44. The Hall–Kier alpha value is -3.93. The van der Waals surface area contributed by atoms with Gasteiger partial charge in [-0.05, 0) is 150 Å². The van der Waals surface area contributed by atoms with Crippen molar-refractivity contribution in [3.05, 3.63) is 58.5 Å². The fourth-order valence-corrected chi connectivity index (χ4v) is 19.1. The van der Waals surface area contributed by atoms with Gasteiger partial charge in [-0.15, -0.1) is 5.92 Å². The molecule has 11 atom stereocenters. The Morgan fingerprint density at radius 2 is 1.94 bits per heavy atom. The highest BCUT2D eigenvalue weighted by Gasteiger charge is 2.59. The third kappa shape index (κ3) is 9.02. The third-order valence-electron chi connectivity index (χ3n) is 19.1. The first-order chi connectivity index (χ1) is 33.8. The Morgan fingerprint density at radius 1 is 1.04 bits per heavy atom. The second-order valence-corrected chi connectivity index (χ2v) is 26.2. The smallest absolute Gasteiger partial charge is 0.303 e. The molecular weight excluding hydrogens is 917 g/mol. The molecule has 7 aliphatic heterocycles. The summed E-state index contributed by atoms with van der Waals surface area (Å²) in [6, 6.07) is 2.11. The number of nitrogens with one attached hydrogen (secondary N) is 2. The number of allylic oxidation sites excluding steroid dienone is 3. The van der Waals surface area contributed by atoms with E-state index in [1.54, 1.807) is 0 Å². The SMILES string of the molecule is CC(=O)OC12CCc3cc(c(O)c4c3C3C=CC5(CCCC5C3)O4)CN3CC(CC4=CCNC(N)=C4)(CC3=O)C3C#CCC4CCC5(CCCC5(NC(N)=NC3)SSCCCCCC(CC1)C(O)C2)C4. The van der Waals surface area contributed by atoms with E-state index >= 15 is 0 Å². The molecule has 13 rings (SSSR count). The molecule has 12 nitrogen and oxygen atoms in total. The monoisotopic (exact) mass is 993 g/mol. The molecule has 14 heteroatoms. The first kappa shape index (κ1) is 48.3. The van der Waals surface area contributed by atoms with E-state index in [1.807, 2.05) is 32.6 Å². The Bertz CT molecular complexity index is 2430. The van der Waals surface area contributed by atoms with E-state index < -0.39 is 22.7 Å². The number of esters is 1. The van der Waals surface area contributed by atoms with Crippen molar-refractivity contribution in [1.29, 1.82) is 0 Å². The van der Waals surface area contributed by atoms with E-state index in [4.69, 9.17) is 25.9 Å². The predicted molar refractivity (Wildman–Crippen MR) is 277 cm³/mol. The minimum absolute atomic E-state index is 0.0123. The van der Waals surface area contributed by atoms with Gasteiger partial charge in [0.15, 0.2) is 17.5 Å². The number of phenolic OH excluding ortho intramolecular Hbond substituents is 1. The van der Waals surface area contributed by atoms with Gasteiger partial charge in [0.05, 0.1) is 18.5 Å². The van der Waals surface area contributed by atoms with Gasteiger partial charge in [-0.25, -0.2) is 0 Å². The molecule has 1 aromatic carbocycles. The maximum atomic E-state index is 14.9. The Morgan fingerprint density at radius 3 is 2.80 bits per heavy atom. The summed E-state index contributed by atoms with van der Waals surface area (Å²) in [6.07, 6.45) is 27.9. The van der Waals surface area contributed by atoms with Crippen LogP contribution in [0.3, 0.4) is 0 Å². The number of dihydropyridines is 1. The van der Waals surface area contributed by atoms with E-state index in [2.05, 4.69) is 46.8 Å². The maximum Gasteiger partial charge on any atom is 0.303 e. The van der Waals surface area contributed by atoms with Crippen LogP contribution in [0.5, 0.6) is 11.5 Å². The number of aliphatic imine (C=N–C) groups is 1. The molecule has 70 heavy (non-hydrogen) atoms. The van der Waals surface area contributed by atoms with Gasteiger partial charge >= 0.3 is 5.97 Å². The minimum atomic E-state index is -0.808.